The molecule has 5 nitrogen and oxygen atoms in total. The maximum Gasteiger partial charge on any atom is 0.346 e. The molecule has 3 aromatic rings. The monoisotopic (exact) mass is 403 g/mol. The second kappa shape index (κ2) is 9.39. The van der Waals surface area contributed by atoms with Gasteiger partial charge in [0.25, 0.3) is 0 Å². The van der Waals surface area contributed by atoms with Gasteiger partial charge in [0.2, 0.25) is 0 Å². The van der Waals surface area contributed by atoms with Crippen LogP contribution in [0.2, 0.25) is 0 Å². The van der Waals surface area contributed by atoms with Crippen LogP contribution in [0.15, 0.2) is 66.7 Å². The highest BCUT2D eigenvalue weighted by molar-refractivity contribution is 5.92. The highest BCUT2D eigenvalue weighted by atomic mass is 19.1. The van der Waals surface area contributed by atoms with E-state index in [1.807, 2.05) is 0 Å². The molecule has 0 fully saturated rings. The topological polar surface area (TPSA) is 68.5 Å². The first-order chi connectivity index (χ1) is 14.5. The summed E-state index contributed by atoms with van der Waals surface area (Å²) in [6, 6.07) is 19.7. The van der Waals surface area contributed by atoms with Crippen molar-refractivity contribution in [3.63, 3.8) is 0 Å². The molecular weight excluding hydrogens is 385 g/mol. The number of hydrogen-bond donors (Lipinski definition) is 0. The van der Waals surface area contributed by atoms with E-state index in [1.165, 1.54) is 31.4 Å². The number of ether oxygens (including phenoxy) is 3. The lowest BCUT2D eigenvalue weighted by Crippen LogP contribution is -2.11. The van der Waals surface area contributed by atoms with Gasteiger partial charge >= 0.3 is 5.97 Å². The van der Waals surface area contributed by atoms with Gasteiger partial charge in [-0.2, -0.15) is 5.26 Å². The first-order valence-corrected chi connectivity index (χ1v) is 8.96. The molecule has 0 atom stereocenters. The van der Waals surface area contributed by atoms with Gasteiger partial charge in [0.05, 0.1) is 31.4 Å². The molecule has 0 aliphatic heterocycles. The van der Waals surface area contributed by atoms with E-state index in [4.69, 9.17) is 14.2 Å². The summed E-state index contributed by atoms with van der Waals surface area (Å²) in [5.41, 5.74) is 1.67. The van der Waals surface area contributed by atoms with Crippen molar-refractivity contribution in [2.75, 3.05) is 14.2 Å². The summed E-state index contributed by atoms with van der Waals surface area (Å²) in [6.45, 7) is 0. The Labute approximate surface area is 173 Å². The van der Waals surface area contributed by atoms with Crippen molar-refractivity contribution in [3.05, 3.63) is 89.2 Å². The molecule has 3 rings (SSSR count). The third kappa shape index (κ3) is 4.65. The van der Waals surface area contributed by atoms with Gasteiger partial charge in [0.1, 0.15) is 11.6 Å². The summed E-state index contributed by atoms with van der Waals surface area (Å²) >= 11 is 0. The minimum Gasteiger partial charge on any atom is -0.497 e. The molecule has 0 aliphatic rings. The molecule has 6 heteroatoms. The molecule has 0 unspecified atom stereocenters. The highest BCUT2D eigenvalue weighted by Crippen LogP contribution is 2.31. The zero-order valence-corrected chi connectivity index (χ0v) is 16.4. The van der Waals surface area contributed by atoms with E-state index in [1.54, 1.807) is 55.7 Å². The van der Waals surface area contributed by atoms with E-state index in [2.05, 4.69) is 6.07 Å². The number of nitrogens with zero attached hydrogens (tertiary/aromatic N) is 1. The molecule has 0 spiro atoms. The number of methoxy groups -OCH3 is 2. The van der Waals surface area contributed by atoms with Crippen LogP contribution in [0, 0.1) is 17.1 Å². The van der Waals surface area contributed by atoms with Gasteiger partial charge in [0, 0.05) is 0 Å². The SMILES string of the molecule is COc1ccc(/C(C#N)=C\c2ccc(OC(=O)c3ccccc3F)c(OC)c2)cc1. The Morgan fingerprint density at radius 2 is 1.70 bits per heavy atom. The minimum absolute atomic E-state index is 0.144. The summed E-state index contributed by atoms with van der Waals surface area (Å²) in [6.07, 6.45) is 1.69. The first kappa shape index (κ1) is 20.6. The fourth-order valence-corrected chi connectivity index (χ4v) is 2.76. The number of nitriles is 1. The molecule has 0 bridgehead atoms. The molecule has 0 saturated carbocycles. The van der Waals surface area contributed by atoms with E-state index in [0.717, 1.165) is 5.56 Å². The van der Waals surface area contributed by atoms with Crippen LogP contribution in [-0.2, 0) is 0 Å². The Morgan fingerprint density at radius 3 is 2.33 bits per heavy atom. The Balaban J connectivity index is 1.87. The number of halogens is 1. The van der Waals surface area contributed by atoms with E-state index < -0.39 is 11.8 Å². The maximum absolute atomic E-state index is 13.8. The van der Waals surface area contributed by atoms with Crippen LogP contribution in [0.25, 0.3) is 11.6 Å². The van der Waals surface area contributed by atoms with Crippen LogP contribution in [-0.4, -0.2) is 20.2 Å². The van der Waals surface area contributed by atoms with E-state index in [-0.39, 0.29) is 17.1 Å². The van der Waals surface area contributed by atoms with Crippen molar-refractivity contribution in [1.82, 2.24) is 0 Å². The predicted molar refractivity (Wildman–Crippen MR) is 111 cm³/mol. The second-order valence-corrected chi connectivity index (χ2v) is 6.18. The van der Waals surface area contributed by atoms with Crippen LogP contribution in [0.5, 0.6) is 17.2 Å². The van der Waals surface area contributed by atoms with Crippen molar-refractivity contribution < 1.29 is 23.4 Å². The molecule has 0 radical (unpaired) electrons. The van der Waals surface area contributed by atoms with Crippen LogP contribution in [0.3, 0.4) is 0 Å². The fourth-order valence-electron chi connectivity index (χ4n) is 2.76. The summed E-state index contributed by atoms with van der Waals surface area (Å²) in [7, 11) is 3.00. The molecule has 0 aliphatic carbocycles. The number of carbonyl (C=O) groups is 1. The summed E-state index contributed by atoms with van der Waals surface area (Å²) in [4.78, 5) is 12.3. The summed E-state index contributed by atoms with van der Waals surface area (Å²) in [5, 5.41) is 9.53. The Hall–Kier alpha value is -4.11. The fraction of sp³-hybridized carbons (Fsp3) is 0.0833. The molecule has 150 valence electrons. The van der Waals surface area contributed by atoms with Gasteiger partial charge < -0.3 is 14.2 Å². The zero-order chi connectivity index (χ0) is 21.5. The lowest BCUT2D eigenvalue weighted by Gasteiger charge is -2.10. The average molecular weight is 403 g/mol. The van der Waals surface area contributed by atoms with Gasteiger partial charge in [-0.05, 0) is 65.7 Å². The van der Waals surface area contributed by atoms with Crippen molar-refractivity contribution in [1.29, 1.82) is 5.26 Å². The van der Waals surface area contributed by atoms with Crippen LogP contribution >= 0.6 is 0 Å². The van der Waals surface area contributed by atoms with Crippen molar-refractivity contribution in [2.24, 2.45) is 0 Å². The van der Waals surface area contributed by atoms with Crippen LogP contribution < -0.4 is 14.2 Å². The zero-order valence-electron chi connectivity index (χ0n) is 16.4. The molecule has 0 aromatic heterocycles. The molecule has 0 amide bonds. The Bertz CT molecular complexity index is 1130. The molecule has 3 aromatic carbocycles. The van der Waals surface area contributed by atoms with E-state index >= 15 is 0 Å². The average Bonchev–Trinajstić information content (AvgIpc) is 2.78. The van der Waals surface area contributed by atoms with Crippen LogP contribution in [0.1, 0.15) is 21.5 Å². The van der Waals surface area contributed by atoms with Crippen molar-refractivity contribution >= 4 is 17.6 Å². The number of esters is 1. The van der Waals surface area contributed by atoms with Gasteiger partial charge in [-0.3, -0.25) is 0 Å². The molecule has 0 heterocycles. The normalized spacial score (nSPS) is 10.8. The van der Waals surface area contributed by atoms with Gasteiger partial charge in [-0.1, -0.05) is 18.2 Å². The maximum atomic E-state index is 13.8. The number of benzene rings is 3. The minimum atomic E-state index is -0.828. The second-order valence-electron chi connectivity index (χ2n) is 6.18. The van der Waals surface area contributed by atoms with E-state index in [9.17, 15) is 14.4 Å². The number of carbonyl (C=O) groups excluding carboxylic acids is 1. The van der Waals surface area contributed by atoms with Crippen molar-refractivity contribution in [3.8, 4) is 23.3 Å². The molecule has 30 heavy (non-hydrogen) atoms. The number of rotatable bonds is 6. The Morgan fingerprint density at radius 1 is 0.967 bits per heavy atom. The number of allylic oxidation sites excluding steroid dienone is 1. The third-order valence-electron chi connectivity index (χ3n) is 4.32. The first-order valence-electron chi connectivity index (χ1n) is 8.96. The standard InChI is InChI=1S/C24H18FNO4/c1-28-19-10-8-17(9-11-19)18(15-26)13-16-7-12-22(23(14-16)29-2)30-24(27)20-5-3-4-6-21(20)25/h3-14H,1-2H3/b18-13-. The lowest BCUT2D eigenvalue weighted by atomic mass is 10.0. The summed E-state index contributed by atoms with van der Waals surface area (Å²) in [5.74, 6) is -0.380. The largest absolute Gasteiger partial charge is 0.497 e. The summed E-state index contributed by atoms with van der Waals surface area (Å²) < 4.78 is 29.5. The molecule has 0 saturated heterocycles. The van der Waals surface area contributed by atoms with Gasteiger partial charge in [-0.25, -0.2) is 9.18 Å². The Kier molecular flexibility index (Phi) is 6.46. The lowest BCUT2D eigenvalue weighted by molar-refractivity contribution is 0.0725. The van der Waals surface area contributed by atoms with E-state index in [0.29, 0.717) is 16.9 Å². The van der Waals surface area contributed by atoms with Crippen LogP contribution in [0.4, 0.5) is 4.39 Å². The predicted octanol–water partition coefficient (Wildman–Crippen LogP) is 5.13. The quantitative estimate of drug-likeness (QED) is 0.247. The smallest absolute Gasteiger partial charge is 0.346 e. The van der Waals surface area contributed by atoms with Gasteiger partial charge in [-0.15, -0.1) is 0 Å². The van der Waals surface area contributed by atoms with Crippen molar-refractivity contribution in [2.45, 2.75) is 0 Å². The number of hydrogen-bond acceptors (Lipinski definition) is 5. The molecule has 0 N–H and O–H groups in total. The van der Waals surface area contributed by atoms with Gasteiger partial charge in [0.15, 0.2) is 11.5 Å². The third-order valence-corrected chi connectivity index (χ3v) is 4.32. The molecular formula is C24H18FNO4. The highest BCUT2D eigenvalue weighted by Gasteiger charge is 2.16.